The number of nitrogens with one attached hydrogen (secondary N) is 2. The number of benzene rings is 1. The van der Waals surface area contributed by atoms with Crippen molar-refractivity contribution in [1.29, 1.82) is 0 Å². The number of amides is 4. The lowest BCUT2D eigenvalue weighted by atomic mass is 9.84. The maximum absolute atomic E-state index is 14.8. The fourth-order valence-electron chi connectivity index (χ4n) is 8.13. The number of ketones is 1. The number of carbonyl (C=O) groups is 5. The Morgan fingerprint density at radius 1 is 1.02 bits per heavy atom. The Bertz CT molecular complexity index is 1840. The zero-order chi connectivity index (χ0) is 38.8. The molecule has 0 bridgehead atoms. The molecule has 2 aliphatic carbocycles. The van der Waals surface area contributed by atoms with Gasteiger partial charge in [0.1, 0.15) is 23.2 Å². The summed E-state index contributed by atoms with van der Waals surface area (Å²) in [6.07, 6.45) is 8.26. The summed E-state index contributed by atoms with van der Waals surface area (Å²) in [6.45, 7) is 3.54. The van der Waals surface area contributed by atoms with Gasteiger partial charge in [-0.05, 0) is 76.1 Å². The summed E-state index contributed by atoms with van der Waals surface area (Å²) >= 11 is 0. The number of nitrogens with two attached hydrogens (primary N) is 1. The summed E-state index contributed by atoms with van der Waals surface area (Å²) in [5.41, 5.74) is 3.01. The van der Waals surface area contributed by atoms with E-state index in [1.807, 2.05) is 0 Å². The first-order valence-corrected chi connectivity index (χ1v) is 20.5. The number of sulfone groups is 1. The molecular formula is C37H51N7O9S. The summed E-state index contributed by atoms with van der Waals surface area (Å²) in [6, 6.07) is 2.84. The van der Waals surface area contributed by atoms with Crippen LogP contribution in [0, 0.1) is 5.92 Å². The highest BCUT2D eigenvalue weighted by atomic mass is 32.2. The van der Waals surface area contributed by atoms with Gasteiger partial charge in [0.25, 0.3) is 11.8 Å². The Balaban J connectivity index is 1.31. The number of carbonyl (C=O) groups excluding carboxylic acids is 5. The van der Waals surface area contributed by atoms with Gasteiger partial charge in [-0.15, -0.1) is 5.10 Å². The highest BCUT2D eigenvalue weighted by Gasteiger charge is 2.49. The van der Waals surface area contributed by atoms with Gasteiger partial charge in [0, 0.05) is 38.2 Å². The van der Waals surface area contributed by atoms with Gasteiger partial charge < -0.3 is 31.1 Å². The van der Waals surface area contributed by atoms with Gasteiger partial charge in [-0.3, -0.25) is 24.0 Å². The predicted octanol–water partition coefficient (Wildman–Crippen LogP) is 1.46. The van der Waals surface area contributed by atoms with Crippen molar-refractivity contribution in [1.82, 2.24) is 30.5 Å². The van der Waals surface area contributed by atoms with Crippen LogP contribution in [-0.2, 0) is 39.4 Å². The Hall–Kier alpha value is -4.22. The summed E-state index contributed by atoms with van der Waals surface area (Å²) in [5, 5.41) is 24.4. The zero-order valence-electron chi connectivity index (χ0n) is 30.9. The molecule has 0 radical (unpaired) electrons. The molecule has 4 fully saturated rings. The van der Waals surface area contributed by atoms with E-state index in [1.165, 1.54) is 40.0 Å². The second-order valence-electron chi connectivity index (χ2n) is 15.8. The van der Waals surface area contributed by atoms with E-state index < -0.39 is 73.8 Å². The van der Waals surface area contributed by atoms with Crippen molar-refractivity contribution in [3.63, 3.8) is 0 Å². The largest absolute Gasteiger partial charge is 0.384 e. The maximum atomic E-state index is 14.8. The van der Waals surface area contributed by atoms with E-state index in [2.05, 4.69) is 20.9 Å². The molecule has 2 aromatic rings. The van der Waals surface area contributed by atoms with Crippen LogP contribution in [0.4, 0.5) is 0 Å². The number of hydrogen-bond acceptors (Lipinski definition) is 11. The molecule has 4 atom stereocenters. The standard InChI is InChI=1S/C37H51N7O9S/c1-36(2,50)30-21-39-42-44(30)25-20-29(34(48)41-37(31(45)32(38)46)15-6-17-53-18-16-37)43(22-25)35(49)28(19-23-7-4-3-5-8-23)40-33(47)24-9-11-26(12-10-24)54(51,52)27-13-14-27/h9-12,21,23,25,27-29,50H,3-8,13-20,22H2,1-2H3,(H2,38,46)(H,40,47)(H,41,48)/t25-,28+,29-,37-/m0/s1. The van der Waals surface area contributed by atoms with Crippen molar-refractivity contribution in [2.24, 2.45) is 11.7 Å². The molecule has 17 heteroatoms. The van der Waals surface area contributed by atoms with Crippen molar-refractivity contribution in [2.75, 3.05) is 19.8 Å². The van der Waals surface area contributed by atoms with Gasteiger partial charge in [0.2, 0.25) is 17.6 Å². The first-order chi connectivity index (χ1) is 25.6. The minimum Gasteiger partial charge on any atom is -0.384 e. The van der Waals surface area contributed by atoms with Gasteiger partial charge in [-0.25, -0.2) is 13.1 Å². The number of aliphatic hydroxyl groups is 1. The topological polar surface area (TPSA) is 233 Å². The van der Waals surface area contributed by atoms with Crippen LogP contribution >= 0.6 is 0 Å². The SMILES string of the molecule is CC(C)(O)c1cnnn1[C@H]1C[C@@H](C(=O)N[C@@]2(C(=O)C(N)=O)CCCOCC2)N(C(=O)[C@@H](CC2CCCCC2)NC(=O)c2ccc(S(=O)(=O)C3CC3)cc2)C1. The van der Waals surface area contributed by atoms with Crippen LogP contribution in [0.2, 0.25) is 0 Å². The van der Waals surface area contributed by atoms with E-state index in [9.17, 15) is 37.5 Å². The molecule has 4 aliphatic rings. The minimum atomic E-state index is -3.46. The molecule has 0 spiro atoms. The number of likely N-dealkylation sites (tertiary alicyclic amines) is 1. The summed E-state index contributed by atoms with van der Waals surface area (Å²) in [5.74, 6) is -3.78. The molecule has 2 aliphatic heterocycles. The lowest BCUT2D eigenvalue weighted by Gasteiger charge is -2.35. The first-order valence-electron chi connectivity index (χ1n) is 18.9. The average Bonchev–Trinajstić information content (AvgIpc) is 3.80. The number of hydrogen-bond donors (Lipinski definition) is 4. The smallest absolute Gasteiger partial charge is 0.287 e. The van der Waals surface area contributed by atoms with E-state index in [4.69, 9.17) is 10.5 Å². The highest BCUT2D eigenvalue weighted by Crippen LogP contribution is 2.35. The van der Waals surface area contributed by atoms with Crippen molar-refractivity contribution in [3.8, 4) is 0 Å². The summed E-state index contributed by atoms with van der Waals surface area (Å²) in [4.78, 5) is 70.0. The van der Waals surface area contributed by atoms with E-state index in [-0.39, 0.29) is 48.8 Å². The molecule has 0 unspecified atom stereocenters. The third-order valence-electron chi connectivity index (χ3n) is 11.3. The third kappa shape index (κ3) is 8.52. The molecule has 4 amide bonds. The fraction of sp³-hybridized carbons (Fsp3) is 0.649. The van der Waals surface area contributed by atoms with Crippen molar-refractivity contribution in [2.45, 2.75) is 130 Å². The molecule has 5 N–H and O–H groups in total. The minimum absolute atomic E-state index is 0.0116. The van der Waals surface area contributed by atoms with E-state index in [1.54, 1.807) is 13.8 Å². The molecule has 16 nitrogen and oxygen atoms in total. The molecule has 294 valence electrons. The quantitative estimate of drug-likeness (QED) is 0.213. The van der Waals surface area contributed by atoms with Crippen LogP contribution in [-0.4, -0.2) is 105 Å². The maximum Gasteiger partial charge on any atom is 0.287 e. The Morgan fingerprint density at radius 3 is 2.37 bits per heavy atom. The average molecular weight is 770 g/mol. The van der Waals surface area contributed by atoms with Crippen LogP contribution in [0.5, 0.6) is 0 Å². The molecule has 6 rings (SSSR count). The van der Waals surface area contributed by atoms with Gasteiger partial charge in [0.15, 0.2) is 9.84 Å². The van der Waals surface area contributed by atoms with Crippen molar-refractivity contribution >= 4 is 39.2 Å². The molecule has 1 aromatic heterocycles. The normalized spacial score (nSPS) is 24.7. The molecule has 2 saturated carbocycles. The van der Waals surface area contributed by atoms with Gasteiger partial charge in [-0.2, -0.15) is 0 Å². The highest BCUT2D eigenvalue weighted by molar-refractivity contribution is 7.92. The Kier molecular flexibility index (Phi) is 11.6. The molecule has 54 heavy (non-hydrogen) atoms. The van der Waals surface area contributed by atoms with Crippen LogP contribution in [0.3, 0.4) is 0 Å². The Morgan fingerprint density at radius 2 is 1.72 bits per heavy atom. The van der Waals surface area contributed by atoms with Gasteiger partial charge in [0.05, 0.1) is 28.1 Å². The second kappa shape index (κ2) is 15.9. The molecule has 2 saturated heterocycles. The lowest BCUT2D eigenvalue weighted by Crippen LogP contribution is -2.62. The van der Waals surface area contributed by atoms with Crippen LogP contribution in [0.15, 0.2) is 35.4 Å². The van der Waals surface area contributed by atoms with Gasteiger partial charge in [-0.1, -0.05) is 37.3 Å². The van der Waals surface area contributed by atoms with E-state index >= 15 is 0 Å². The van der Waals surface area contributed by atoms with Crippen LogP contribution in [0.25, 0.3) is 0 Å². The zero-order valence-corrected chi connectivity index (χ0v) is 31.7. The molecular weight excluding hydrogens is 719 g/mol. The first kappa shape index (κ1) is 39.5. The van der Waals surface area contributed by atoms with Crippen LogP contribution in [0.1, 0.15) is 113 Å². The Labute approximate surface area is 314 Å². The van der Waals surface area contributed by atoms with E-state index in [0.717, 1.165) is 32.1 Å². The second-order valence-corrected chi connectivity index (χ2v) is 18.0. The lowest BCUT2D eigenvalue weighted by molar-refractivity contribution is -0.145. The van der Waals surface area contributed by atoms with Crippen molar-refractivity contribution in [3.05, 3.63) is 41.7 Å². The number of rotatable bonds is 13. The number of nitrogens with zero attached hydrogens (tertiary/aromatic N) is 4. The monoisotopic (exact) mass is 769 g/mol. The van der Waals surface area contributed by atoms with E-state index in [0.29, 0.717) is 38.0 Å². The van der Waals surface area contributed by atoms with Crippen LogP contribution < -0.4 is 16.4 Å². The summed E-state index contributed by atoms with van der Waals surface area (Å²) in [7, 11) is -3.46. The number of primary amides is 1. The predicted molar refractivity (Wildman–Crippen MR) is 193 cm³/mol. The van der Waals surface area contributed by atoms with Gasteiger partial charge >= 0.3 is 0 Å². The number of aromatic nitrogens is 3. The summed E-state index contributed by atoms with van der Waals surface area (Å²) < 4.78 is 32.6. The number of ether oxygens (including phenoxy) is 1. The third-order valence-corrected chi connectivity index (χ3v) is 13.6. The van der Waals surface area contributed by atoms with Crippen molar-refractivity contribution < 1.29 is 42.2 Å². The molecule has 1 aromatic carbocycles. The molecule has 3 heterocycles. The fourth-order valence-corrected chi connectivity index (χ4v) is 9.79. The number of Topliss-reactive ketones (excluding diaryl/α,β-unsaturated/α-hetero) is 1.